The third-order valence-electron chi connectivity index (χ3n) is 11.7. The number of likely N-dealkylation sites (N-methyl/N-ethyl adjacent to an activating group) is 1. The van der Waals surface area contributed by atoms with Crippen molar-refractivity contribution in [1.29, 1.82) is 0 Å². The third kappa shape index (κ3) is 12.9. The van der Waals surface area contributed by atoms with E-state index in [-0.39, 0.29) is 11.6 Å². The molecule has 2 saturated heterocycles. The Morgan fingerprint density at radius 3 is 1.52 bits per heavy atom. The lowest BCUT2D eigenvalue weighted by molar-refractivity contribution is 0.0657. The van der Waals surface area contributed by atoms with Crippen molar-refractivity contribution in [3.8, 4) is 22.8 Å². The summed E-state index contributed by atoms with van der Waals surface area (Å²) in [6.45, 7) is 6.93. The molecule has 1 amide bonds. The van der Waals surface area contributed by atoms with Crippen molar-refractivity contribution in [1.82, 2.24) is 54.6 Å². The van der Waals surface area contributed by atoms with Gasteiger partial charge in [0, 0.05) is 98.4 Å². The van der Waals surface area contributed by atoms with E-state index in [1.54, 1.807) is 51.1 Å². The number of aromatic carboxylic acids is 1. The maximum Gasteiger partial charge on any atom is 0.352 e. The molecule has 10 rings (SSSR count). The Morgan fingerprint density at radius 1 is 0.565 bits per heavy atom. The fourth-order valence-corrected chi connectivity index (χ4v) is 8.01. The van der Waals surface area contributed by atoms with Gasteiger partial charge >= 0.3 is 5.97 Å². The van der Waals surface area contributed by atoms with Gasteiger partial charge in [0.2, 0.25) is 11.9 Å². The van der Waals surface area contributed by atoms with Crippen LogP contribution in [0.4, 0.5) is 23.3 Å². The highest BCUT2D eigenvalue weighted by Gasteiger charge is 2.22. The summed E-state index contributed by atoms with van der Waals surface area (Å²) in [4.78, 5) is 63.2. The number of fused-ring (bicyclic) bond motifs is 2. The molecule has 0 spiro atoms. The number of carbonyl (C=O) groups excluding carboxylic acids is 1. The molecule has 0 aliphatic carbocycles. The number of nitrogens with one attached hydrogen (secondary N) is 4. The van der Waals surface area contributed by atoms with E-state index in [0.29, 0.717) is 36.5 Å². The fourth-order valence-electron chi connectivity index (χ4n) is 8.01. The first-order chi connectivity index (χ1) is 33.6. The number of likely N-dealkylation sites (tertiary alicyclic amines) is 1. The molecule has 18 nitrogen and oxygen atoms in total. The molecule has 356 valence electrons. The van der Waals surface area contributed by atoms with E-state index in [2.05, 4.69) is 74.4 Å². The monoisotopic (exact) mass is 931 g/mol. The number of rotatable bonds is 12. The van der Waals surface area contributed by atoms with E-state index in [0.717, 1.165) is 87.6 Å². The number of pyridine rings is 2. The van der Waals surface area contributed by atoms with Gasteiger partial charge in [-0.15, -0.1) is 0 Å². The zero-order valence-electron chi connectivity index (χ0n) is 39.3. The van der Waals surface area contributed by atoms with Gasteiger partial charge in [-0.2, -0.15) is 0 Å². The first-order valence-electron chi connectivity index (χ1n) is 22.8. The number of aromatic amines is 2. The molecule has 0 atom stereocenters. The second-order valence-electron chi connectivity index (χ2n) is 17.0. The van der Waals surface area contributed by atoms with Crippen molar-refractivity contribution >= 4 is 57.0 Å². The number of carboxylic acid groups (broad SMARTS) is 1. The lowest BCUT2D eigenvalue weighted by Gasteiger charge is -2.32. The number of hydrogen-bond donors (Lipinski definition) is 5. The van der Waals surface area contributed by atoms with Crippen LogP contribution in [0.1, 0.15) is 51.4 Å². The molecule has 2 aliphatic heterocycles. The number of aromatic nitrogens is 8. The Kier molecular flexibility index (Phi) is 15.9. The molecule has 5 N–H and O–H groups in total. The van der Waals surface area contributed by atoms with Crippen LogP contribution in [-0.4, -0.2) is 139 Å². The van der Waals surface area contributed by atoms with Gasteiger partial charge < -0.3 is 49.9 Å². The van der Waals surface area contributed by atoms with E-state index in [9.17, 15) is 9.59 Å². The minimum absolute atomic E-state index is 0.0399. The number of ether oxygens (including phenoxy) is 2. The highest BCUT2D eigenvalue weighted by atomic mass is 16.5. The summed E-state index contributed by atoms with van der Waals surface area (Å²) in [6, 6.07) is 26.2. The van der Waals surface area contributed by atoms with Crippen LogP contribution in [0, 0.1) is 0 Å². The molecule has 8 aromatic rings. The molecule has 18 heteroatoms. The molecule has 69 heavy (non-hydrogen) atoms. The van der Waals surface area contributed by atoms with Gasteiger partial charge in [0.1, 0.15) is 11.4 Å². The van der Waals surface area contributed by atoms with Crippen molar-refractivity contribution in [3.63, 3.8) is 0 Å². The molecule has 6 aromatic heterocycles. The van der Waals surface area contributed by atoms with Gasteiger partial charge in [-0.1, -0.05) is 6.42 Å². The Labute approximate surface area is 400 Å². The Hall–Kier alpha value is -7.64. The highest BCUT2D eigenvalue weighted by molar-refractivity contribution is 5.99. The van der Waals surface area contributed by atoms with Crippen LogP contribution in [0.2, 0.25) is 0 Å². The van der Waals surface area contributed by atoms with Crippen LogP contribution in [-0.2, 0) is 22.7 Å². The predicted octanol–water partition coefficient (Wildman–Crippen LogP) is 8.01. The molecule has 0 saturated carbocycles. The topological polar surface area (TPSA) is 216 Å². The quantitative estimate of drug-likeness (QED) is 0.0785. The predicted molar refractivity (Wildman–Crippen MR) is 267 cm³/mol. The van der Waals surface area contributed by atoms with Gasteiger partial charge in [-0.05, 0) is 136 Å². The van der Waals surface area contributed by atoms with Crippen LogP contribution in [0.15, 0.2) is 110 Å². The third-order valence-corrected chi connectivity index (χ3v) is 11.7. The Bertz CT molecular complexity index is 3000. The average molecular weight is 932 g/mol. The number of carboxylic acids is 1. The first kappa shape index (κ1) is 47.8. The number of amides is 1. The normalized spacial score (nSPS) is 14.1. The number of H-pyrrole nitrogens is 2. The summed E-state index contributed by atoms with van der Waals surface area (Å²) in [6.07, 6.45) is 11.1. The molecule has 2 fully saturated rings. The minimum atomic E-state index is -0.995. The molecule has 2 aliphatic rings. The second kappa shape index (κ2) is 22.9. The number of methoxy groups -OCH3 is 2. The second-order valence-corrected chi connectivity index (χ2v) is 17.0. The first-order valence-corrected chi connectivity index (χ1v) is 22.8. The van der Waals surface area contributed by atoms with E-state index in [4.69, 9.17) is 14.6 Å². The van der Waals surface area contributed by atoms with Crippen molar-refractivity contribution in [3.05, 3.63) is 132 Å². The SMILES string of the molecule is CN1CCCCC1.COCc1ccnc(-c2ccnc(Nc3ccc4[nH]c(C(=O)N5CCN(C)CC5)cc4c3)n2)c1.COCc1ccnc(-c2ccnc(Nc3ccc4[nH]c(C(=O)O)cc4c3)n2)c1. The number of piperazine rings is 1. The lowest BCUT2D eigenvalue weighted by Crippen LogP contribution is -2.47. The van der Waals surface area contributed by atoms with Crippen LogP contribution in [0.5, 0.6) is 0 Å². The van der Waals surface area contributed by atoms with Crippen LogP contribution >= 0.6 is 0 Å². The molecular formula is C51H57N13O5. The molecule has 0 bridgehead atoms. The zero-order valence-corrected chi connectivity index (χ0v) is 39.3. The van der Waals surface area contributed by atoms with E-state index in [1.807, 2.05) is 77.7 Å². The standard InChI is InChI=1S/C25H27N7O2.C20H17N5O3.C6H13N/c1-31-9-11-32(12-10-31)24(33)23-15-18-14-19(3-4-20(18)29-23)28-25-27-8-6-21(30-25)22-13-17(16-34-2)5-7-26-22;1-28-11-12-4-6-21-17(8-12)16-5-7-22-20(25-16)23-14-2-3-15-13(9-14)10-18(24-15)19(26)27;1-7-5-3-2-4-6-7/h3-8,13-15,29H,9-12,16H2,1-2H3,(H,27,28,30);2-10,24H,11H2,1H3,(H,26,27)(H,22,23,25);2-6H2,1H3. The summed E-state index contributed by atoms with van der Waals surface area (Å²) >= 11 is 0. The fraction of sp³-hybridized carbons (Fsp3) is 0.294. The summed E-state index contributed by atoms with van der Waals surface area (Å²) in [5.41, 5.74) is 8.93. The number of hydrogen-bond acceptors (Lipinski definition) is 14. The summed E-state index contributed by atoms with van der Waals surface area (Å²) in [5, 5.41) is 17.2. The van der Waals surface area contributed by atoms with Crippen LogP contribution in [0.3, 0.4) is 0 Å². The highest BCUT2D eigenvalue weighted by Crippen LogP contribution is 2.26. The molecule has 0 radical (unpaired) electrons. The van der Waals surface area contributed by atoms with E-state index < -0.39 is 5.97 Å². The maximum absolute atomic E-state index is 12.9. The lowest BCUT2D eigenvalue weighted by atomic mass is 10.1. The maximum atomic E-state index is 12.9. The summed E-state index contributed by atoms with van der Waals surface area (Å²) in [5.74, 6) is -0.0622. The van der Waals surface area contributed by atoms with Crippen molar-refractivity contribution in [2.45, 2.75) is 32.5 Å². The van der Waals surface area contributed by atoms with Gasteiger partial charge in [-0.25, -0.2) is 24.7 Å². The van der Waals surface area contributed by atoms with E-state index in [1.165, 1.54) is 32.4 Å². The number of piperidine rings is 1. The molecular weight excluding hydrogens is 875 g/mol. The molecule has 8 heterocycles. The Morgan fingerprint density at radius 2 is 1.04 bits per heavy atom. The number of anilines is 4. The average Bonchev–Trinajstić information content (AvgIpc) is 4.00. The Balaban J connectivity index is 0.000000165. The van der Waals surface area contributed by atoms with Crippen molar-refractivity contribution in [2.24, 2.45) is 0 Å². The minimum Gasteiger partial charge on any atom is -0.477 e. The van der Waals surface area contributed by atoms with E-state index >= 15 is 0 Å². The van der Waals surface area contributed by atoms with Crippen molar-refractivity contribution < 1.29 is 24.2 Å². The molecule has 2 aromatic carbocycles. The molecule has 0 unspecified atom stereocenters. The summed E-state index contributed by atoms with van der Waals surface area (Å²) < 4.78 is 10.4. The van der Waals surface area contributed by atoms with Crippen LogP contribution in [0.25, 0.3) is 44.6 Å². The van der Waals surface area contributed by atoms with Gasteiger partial charge in [0.05, 0.1) is 36.0 Å². The largest absolute Gasteiger partial charge is 0.477 e. The zero-order chi connectivity index (χ0) is 48.1. The van der Waals surface area contributed by atoms with Crippen LogP contribution < -0.4 is 10.6 Å². The number of carbonyl (C=O) groups is 2. The van der Waals surface area contributed by atoms with Crippen molar-refractivity contribution in [2.75, 3.05) is 78.2 Å². The smallest absolute Gasteiger partial charge is 0.352 e. The number of nitrogens with zero attached hydrogens (tertiary/aromatic N) is 9. The summed E-state index contributed by atoms with van der Waals surface area (Å²) in [7, 11) is 7.58. The van der Waals surface area contributed by atoms with Gasteiger partial charge in [0.15, 0.2) is 0 Å². The van der Waals surface area contributed by atoms with Gasteiger partial charge in [-0.3, -0.25) is 14.8 Å². The van der Waals surface area contributed by atoms with Gasteiger partial charge in [0.25, 0.3) is 5.91 Å². The number of benzene rings is 2.